The second-order valence-electron chi connectivity index (χ2n) is 8.60. The van der Waals surface area contributed by atoms with Crippen LogP contribution in [-0.4, -0.2) is 45.4 Å². The summed E-state index contributed by atoms with van der Waals surface area (Å²) >= 11 is 0. The molecule has 1 saturated carbocycles. The highest BCUT2D eigenvalue weighted by atomic mass is 16.5. The second-order valence-corrected chi connectivity index (χ2v) is 8.60. The van der Waals surface area contributed by atoms with E-state index in [1.54, 1.807) is 6.07 Å². The molecule has 0 unspecified atom stereocenters. The van der Waals surface area contributed by atoms with Gasteiger partial charge in [-0.25, -0.2) is 4.79 Å². The number of aliphatic imine (C=N–C) groups is 1. The third-order valence-corrected chi connectivity index (χ3v) is 5.94. The molecule has 1 heterocycles. The number of rotatable bonds is 9. The molecule has 0 saturated heterocycles. The van der Waals surface area contributed by atoms with Crippen LogP contribution in [-0.2, 0) is 16.0 Å². The van der Waals surface area contributed by atoms with Crippen LogP contribution in [0.5, 0.6) is 5.75 Å². The minimum atomic E-state index is -1.32. The van der Waals surface area contributed by atoms with E-state index in [0.29, 0.717) is 18.7 Å². The Hall–Kier alpha value is -2.37. The first kappa shape index (κ1) is 21.3. The molecule has 2 aliphatic rings. The van der Waals surface area contributed by atoms with Gasteiger partial charge in [0, 0.05) is 13.0 Å². The Kier molecular flexibility index (Phi) is 6.30. The standard InChI is InChI=1S/C23H32N2O4/c1-4-5-12-19-24-23(14-8-9-15-23)20(26)25(19)16-13-17-10-6-7-11-18(17)29-22(2,3)21(27)28/h6-7,10-11H,4-5,8-9,12-16H2,1-3H3,(H,27,28). The van der Waals surface area contributed by atoms with Crippen molar-refractivity contribution in [3.05, 3.63) is 29.8 Å². The van der Waals surface area contributed by atoms with Crippen LogP contribution in [0.25, 0.3) is 0 Å². The number of aliphatic carboxylic acids is 1. The van der Waals surface area contributed by atoms with Gasteiger partial charge in [0.2, 0.25) is 0 Å². The number of amidine groups is 1. The van der Waals surface area contributed by atoms with Crippen LogP contribution in [0.2, 0.25) is 0 Å². The third kappa shape index (κ3) is 4.46. The summed E-state index contributed by atoms with van der Waals surface area (Å²) in [7, 11) is 0. The summed E-state index contributed by atoms with van der Waals surface area (Å²) in [5.41, 5.74) is -0.942. The molecule has 3 rings (SSSR count). The van der Waals surface area contributed by atoms with Gasteiger partial charge in [-0.05, 0) is 51.2 Å². The topological polar surface area (TPSA) is 79.2 Å². The number of ether oxygens (including phenoxy) is 1. The second kappa shape index (κ2) is 8.56. The number of carbonyl (C=O) groups is 2. The van der Waals surface area contributed by atoms with E-state index in [-0.39, 0.29) is 5.91 Å². The molecule has 1 fully saturated rings. The maximum Gasteiger partial charge on any atom is 0.347 e. The van der Waals surface area contributed by atoms with Crippen molar-refractivity contribution in [2.75, 3.05) is 6.54 Å². The predicted molar refractivity (Wildman–Crippen MR) is 112 cm³/mol. The van der Waals surface area contributed by atoms with E-state index < -0.39 is 17.1 Å². The van der Waals surface area contributed by atoms with E-state index in [1.807, 2.05) is 23.1 Å². The molecule has 0 radical (unpaired) electrons. The van der Waals surface area contributed by atoms with Crippen molar-refractivity contribution in [3.63, 3.8) is 0 Å². The highest BCUT2D eigenvalue weighted by Crippen LogP contribution is 2.39. The molecule has 1 spiro atoms. The molecule has 6 nitrogen and oxygen atoms in total. The Labute approximate surface area is 173 Å². The van der Waals surface area contributed by atoms with E-state index in [1.165, 1.54) is 13.8 Å². The minimum Gasteiger partial charge on any atom is -0.478 e. The lowest BCUT2D eigenvalue weighted by Crippen LogP contribution is -2.42. The largest absolute Gasteiger partial charge is 0.478 e. The summed E-state index contributed by atoms with van der Waals surface area (Å²) in [6.45, 7) is 5.76. The zero-order valence-corrected chi connectivity index (χ0v) is 17.7. The van der Waals surface area contributed by atoms with Gasteiger partial charge in [-0.1, -0.05) is 44.4 Å². The Morgan fingerprint density at radius 3 is 2.59 bits per heavy atom. The molecule has 0 bridgehead atoms. The molecule has 1 aromatic rings. The number of unbranched alkanes of at least 4 members (excludes halogenated alkanes) is 1. The quantitative estimate of drug-likeness (QED) is 0.673. The van der Waals surface area contributed by atoms with Gasteiger partial charge in [0.05, 0.1) is 0 Å². The van der Waals surface area contributed by atoms with Crippen LogP contribution in [0.4, 0.5) is 0 Å². The van der Waals surface area contributed by atoms with E-state index in [2.05, 4.69) is 6.92 Å². The fourth-order valence-corrected chi connectivity index (χ4v) is 4.13. The monoisotopic (exact) mass is 400 g/mol. The normalized spacial score (nSPS) is 18.4. The van der Waals surface area contributed by atoms with Crippen molar-refractivity contribution in [2.24, 2.45) is 4.99 Å². The molecule has 1 aliphatic heterocycles. The van der Waals surface area contributed by atoms with Crippen LogP contribution in [0.15, 0.2) is 29.3 Å². The molecule has 0 atom stereocenters. The van der Waals surface area contributed by atoms with E-state index >= 15 is 0 Å². The van der Waals surface area contributed by atoms with Crippen molar-refractivity contribution in [1.82, 2.24) is 4.90 Å². The van der Waals surface area contributed by atoms with Crippen LogP contribution in [0.1, 0.15) is 71.3 Å². The van der Waals surface area contributed by atoms with Crippen molar-refractivity contribution >= 4 is 17.7 Å². The lowest BCUT2D eigenvalue weighted by Gasteiger charge is -2.25. The Morgan fingerprint density at radius 1 is 1.24 bits per heavy atom. The highest BCUT2D eigenvalue weighted by Gasteiger charge is 2.49. The van der Waals surface area contributed by atoms with Crippen LogP contribution in [0, 0.1) is 0 Å². The summed E-state index contributed by atoms with van der Waals surface area (Å²) in [5.74, 6) is 0.599. The van der Waals surface area contributed by atoms with Gasteiger partial charge < -0.3 is 9.84 Å². The van der Waals surface area contributed by atoms with Gasteiger partial charge in [0.15, 0.2) is 5.60 Å². The maximum absolute atomic E-state index is 13.2. The van der Waals surface area contributed by atoms with Gasteiger partial charge >= 0.3 is 5.97 Å². The average Bonchev–Trinajstić information content (AvgIpc) is 3.25. The van der Waals surface area contributed by atoms with Crippen molar-refractivity contribution < 1.29 is 19.4 Å². The summed E-state index contributed by atoms with van der Waals surface area (Å²) in [4.78, 5) is 31.5. The fraction of sp³-hybridized carbons (Fsp3) is 0.609. The van der Waals surface area contributed by atoms with E-state index in [0.717, 1.165) is 56.3 Å². The molecule has 1 N–H and O–H groups in total. The van der Waals surface area contributed by atoms with Crippen LogP contribution < -0.4 is 4.74 Å². The number of amides is 1. The maximum atomic E-state index is 13.2. The minimum absolute atomic E-state index is 0.144. The number of benzene rings is 1. The highest BCUT2D eigenvalue weighted by molar-refractivity contribution is 6.08. The number of para-hydroxylation sites is 1. The van der Waals surface area contributed by atoms with Gasteiger partial charge in [-0.15, -0.1) is 0 Å². The first-order valence-corrected chi connectivity index (χ1v) is 10.7. The zero-order chi connectivity index (χ0) is 21.1. The third-order valence-electron chi connectivity index (χ3n) is 5.94. The molecule has 1 amide bonds. The zero-order valence-electron chi connectivity index (χ0n) is 17.7. The number of carbonyl (C=O) groups excluding carboxylic acids is 1. The first-order valence-electron chi connectivity index (χ1n) is 10.7. The summed E-state index contributed by atoms with van der Waals surface area (Å²) in [5, 5.41) is 9.37. The lowest BCUT2D eigenvalue weighted by atomic mass is 9.98. The molecule has 0 aromatic heterocycles. The lowest BCUT2D eigenvalue weighted by molar-refractivity contribution is -0.152. The molecule has 1 aromatic carbocycles. The van der Waals surface area contributed by atoms with E-state index in [9.17, 15) is 14.7 Å². The van der Waals surface area contributed by atoms with Crippen LogP contribution >= 0.6 is 0 Å². The van der Waals surface area contributed by atoms with Gasteiger partial charge in [-0.2, -0.15) is 0 Å². The number of hydrogen-bond acceptors (Lipinski definition) is 4. The van der Waals surface area contributed by atoms with Gasteiger partial charge in [0.25, 0.3) is 5.91 Å². The van der Waals surface area contributed by atoms with Crippen molar-refractivity contribution in [3.8, 4) is 5.75 Å². The molecule has 158 valence electrons. The van der Waals surface area contributed by atoms with Gasteiger partial charge in [-0.3, -0.25) is 14.7 Å². The van der Waals surface area contributed by atoms with Crippen molar-refractivity contribution in [2.45, 2.75) is 83.3 Å². The van der Waals surface area contributed by atoms with Gasteiger partial charge in [0.1, 0.15) is 17.1 Å². The molecule has 6 heteroatoms. The molecule has 29 heavy (non-hydrogen) atoms. The molecule has 1 aliphatic carbocycles. The summed E-state index contributed by atoms with van der Waals surface area (Å²) in [6, 6.07) is 7.46. The summed E-state index contributed by atoms with van der Waals surface area (Å²) in [6.07, 6.45) is 7.33. The van der Waals surface area contributed by atoms with Crippen LogP contribution in [0.3, 0.4) is 0 Å². The number of carboxylic acid groups (broad SMARTS) is 1. The predicted octanol–water partition coefficient (Wildman–Crippen LogP) is 4.21. The Bertz CT molecular complexity index is 794. The fourth-order valence-electron chi connectivity index (χ4n) is 4.13. The Morgan fingerprint density at radius 2 is 1.93 bits per heavy atom. The summed E-state index contributed by atoms with van der Waals surface area (Å²) < 4.78 is 5.79. The first-order chi connectivity index (χ1) is 13.8. The average molecular weight is 401 g/mol. The van der Waals surface area contributed by atoms with Crippen molar-refractivity contribution in [1.29, 1.82) is 0 Å². The number of hydrogen-bond donors (Lipinski definition) is 1. The number of nitrogens with zero attached hydrogens (tertiary/aromatic N) is 2. The van der Waals surface area contributed by atoms with E-state index in [4.69, 9.17) is 9.73 Å². The number of carboxylic acids is 1. The SMILES string of the molecule is CCCCC1=NC2(CCCC2)C(=O)N1CCc1ccccc1OC(C)(C)C(=O)O. The smallest absolute Gasteiger partial charge is 0.347 e. The molecular formula is C23H32N2O4. The Balaban J connectivity index is 1.76. The molecular weight excluding hydrogens is 368 g/mol.